The van der Waals surface area contributed by atoms with Gasteiger partial charge in [0, 0.05) is 29.2 Å². The number of benzene rings is 2. The maximum absolute atomic E-state index is 12.9. The van der Waals surface area contributed by atoms with Gasteiger partial charge in [0.25, 0.3) is 0 Å². The number of hydrogen-bond donors (Lipinski definition) is 0. The number of likely N-dealkylation sites (tertiary alicyclic amines) is 1. The van der Waals surface area contributed by atoms with Crippen molar-refractivity contribution >= 4 is 40.4 Å². The normalized spacial score (nSPS) is 16.6. The summed E-state index contributed by atoms with van der Waals surface area (Å²) in [6, 6.07) is 13.6. The van der Waals surface area contributed by atoms with E-state index in [9.17, 15) is 18.9 Å². The Labute approximate surface area is 226 Å². The van der Waals surface area contributed by atoms with Gasteiger partial charge in [0.2, 0.25) is 11.3 Å². The van der Waals surface area contributed by atoms with Crippen molar-refractivity contribution in [2.75, 3.05) is 13.2 Å². The van der Waals surface area contributed by atoms with Gasteiger partial charge >= 0.3 is 5.97 Å². The lowest BCUT2D eigenvalue weighted by Crippen LogP contribution is -2.60. The molecule has 198 valence electrons. The number of ketones is 1. The van der Waals surface area contributed by atoms with E-state index in [2.05, 4.69) is 6.58 Å². The molecule has 0 aromatic heterocycles. The third-order valence-corrected chi connectivity index (χ3v) is 7.92. The first kappa shape index (κ1) is 28.9. The van der Waals surface area contributed by atoms with Crippen LogP contribution in [0.2, 0.25) is 5.02 Å². The second-order valence-electron chi connectivity index (χ2n) is 8.78. The molecule has 3 unspecified atom stereocenters. The van der Waals surface area contributed by atoms with Crippen molar-refractivity contribution < 1.29 is 28.4 Å². The van der Waals surface area contributed by atoms with Gasteiger partial charge in [-0.05, 0) is 67.3 Å². The smallest absolute Gasteiger partial charge is 0.338 e. The highest BCUT2D eigenvalue weighted by molar-refractivity contribution is 7.91. The predicted molar refractivity (Wildman–Crippen MR) is 144 cm³/mol. The molecule has 37 heavy (non-hydrogen) atoms. The second-order valence-corrected chi connectivity index (χ2v) is 10.8. The molecule has 1 aliphatic rings. The van der Waals surface area contributed by atoms with Crippen LogP contribution in [0, 0.1) is 0 Å². The fraction of sp³-hybridized carbons (Fsp3) is 0.393. The monoisotopic (exact) mass is 545 g/mol. The van der Waals surface area contributed by atoms with Crippen molar-refractivity contribution in [3.63, 3.8) is 0 Å². The molecule has 0 aliphatic carbocycles. The molecule has 0 spiro atoms. The summed E-state index contributed by atoms with van der Waals surface area (Å²) in [7, 11) is 0. The summed E-state index contributed by atoms with van der Waals surface area (Å²) in [5.74, 6) is -0.169. The molecule has 1 fully saturated rings. The molecule has 1 saturated heterocycles. The van der Waals surface area contributed by atoms with Crippen LogP contribution in [0.25, 0.3) is 0 Å². The number of ether oxygens (including phenoxy) is 2. The number of carbonyl (C=O) groups excluding carboxylic acids is 3. The number of esters is 1. The zero-order chi connectivity index (χ0) is 26.8. The van der Waals surface area contributed by atoms with Gasteiger partial charge in [0.1, 0.15) is 18.6 Å². The lowest BCUT2D eigenvalue weighted by atomic mass is 10.1. The van der Waals surface area contributed by atoms with Gasteiger partial charge in [-0.15, -0.1) is 0 Å². The van der Waals surface area contributed by atoms with Crippen LogP contribution < -0.4 is 0 Å². The van der Waals surface area contributed by atoms with E-state index in [0.717, 1.165) is 24.8 Å². The summed E-state index contributed by atoms with van der Waals surface area (Å²) in [5.41, 5.74) is 1.87. The summed E-state index contributed by atoms with van der Waals surface area (Å²) >= 11 is 4.55. The molecule has 1 heterocycles. The predicted octanol–water partition coefficient (Wildman–Crippen LogP) is 5.30. The number of nitrogens with zero attached hydrogens (tertiary/aromatic N) is 1. The molecule has 2 aromatic carbocycles. The number of rotatable bonds is 15. The molecule has 2 aromatic rings. The maximum Gasteiger partial charge on any atom is 0.338 e. The van der Waals surface area contributed by atoms with Crippen molar-refractivity contribution in [3.8, 4) is 0 Å². The lowest BCUT2D eigenvalue weighted by molar-refractivity contribution is -0.161. The molecule has 0 bridgehead atoms. The maximum atomic E-state index is 12.9. The Morgan fingerprint density at radius 3 is 2.46 bits per heavy atom. The summed E-state index contributed by atoms with van der Waals surface area (Å²) in [5, 5.41) is 0.198. The van der Waals surface area contributed by atoms with Crippen molar-refractivity contribution in [2.24, 2.45) is 0 Å². The number of carbonyl (C=O) groups is 3. The van der Waals surface area contributed by atoms with E-state index >= 15 is 0 Å². The van der Waals surface area contributed by atoms with E-state index in [1.807, 2.05) is 0 Å². The zero-order valence-electron chi connectivity index (χ0n) is 20.9. The number of β-lactam (4-membered cyclic amide) rings is 1. The Kier molecular flexibility index (Phi) is 11.2. The van der Waals surface area contributed by atoms with Gasteiger partial charge in [0.05, 0.1) is 12.0 Å². The Balaban J connectivity index is 1.37. The second kappa shape index (κ2) is 14.3. The van der Waals surface area contributed by atoms with Gasteiger partial charge < -0.3 is 14.0 Å². The van der Waals surface area contributed by atoms with Crippen molar-refractivity contribution in [1.82, 2.24) is 4.90 Å². The first-order chi connectivity index (χ1) is 17.8. The fourth-order valence-electron chi connectivity index (χ4n) is 3.95. The first-order valence-electron chi connectivity index (χ1n) is 12.3. The number of hydrogen-bond acceptors (Lipinski definition) is 6. The largest absolute Gasteiger partial charge is 0.614 e. The van der Waals surface area contributed by atoms with Gasteiger partial charge in [-0.2, -0.15) is 0 Å². The van der Waals surface area contributed by atoms with E-state index in [1.165, 1.54) is 6.08 Å². The SMILES string of the molecule is C=CCOC(=O)c1ccc(C[S+]([O-])C2CC(=O)N2C(C)OCCCCCC(=O)c2ccc(Cl)cc2)cc1. The molecule has 0 saturated carbocycles. The van der Waals surface area contributed by atoms with Crippen LogP contribution in [0.5, 0.6) is 0 Å². The van der Waals surface area contributed by atoms with Crippen LogP contribution in [-0.2, 0) is 31.2 Å². The first-order valence-corrected chi connectivity index (χ1v) is 14.0. The molecular formula is C28H32ClNO6S. The number of Topliss-reactive ketones (excluding diaryl/α,β-unsaturated/α-hetero) is 1. The van der Waals surface area contributed by atoms with Gasteiger partial charge in [0.15, 0.2) is 5.78 Å². The standard InChI is InChI=1S/C28H32ClNO6S/c1-3-16-36-28(33)23-10-8-21(9-11-23)19-37(34)27-18-26(32)30(27)20(2)35-17-6-4-5-7-25(31)22-12-14-24(29)15-13-22/h3,8-15,20,27H,1,4-7,16-19H2,2H3. The van der Waals surface area contributed by atoms with E-state index in [1.54, 1.807) is 60.4 Å². The average Bonchev–Trinajstić information content (AvgIpc) is 2.88. The highest BCUT2D eigenvalue weighted by Gasteiger charge is 2.47. The Hall–Kier alpha value is -2.65. The lowest BCUT2D eigenvalue weighted by Gasteiger charge is -2.43. The quantitative estimate of drug-likeness (QED) is 0.0753. The summed E-state index contributed by atoms with van der Waals surface area (Å²) < 4.78 is 23.8. The summed E-state index contributed by atoms with van der Waals surface area (Å²) in [4.78, 5) is 37.9. The number of amides is 1. The van der Waals surface area contributed by atoms with Crippen LogP contribution in [0.15, 0.2) is 61.2 Å². The van der Waals surface area contributed by atoms with E-state index in [0.29, 0.717) is 29.2 Å². The molecule has 1 aliphatic heterocycles. The molecule has 3 atom stereocenters. The van der Waals surface area contributed by atoms with Crippen molar-refractivity contribution in [3.05, 3.63) is 82.9 Å². The topological polar surface area (TPSA) is 96.0 Å². The molecule has 3 rings (SSSR count). The van der Waals surface area contributed by atoms with Gasteiger partial charge in [-0.25, -0.2) is 4.79 Å². The van der Waals surface area contributed by atoms with Gasteiger partial charge in [-0.1, -0.05) is 42.8 Å². The van der Waals surface area contributed by atoms with Crippen molar-refractivity contribution in [2.45, 2.75) is 56.4 Å². The van der Waals surface area contributed by atoms with E-state index in [-0.39, 0.29) is 30.5 Å². The third kappa shape index (κ3) is 8.43. The van der Waals surface area contributed by atoms with E-state index in [4.69, 9.17) is 21.1 Å². The minimum Gasteiger partial charge on any atom is -0.614 e. The zero-order valence-corrected chi connectivity index (χ0v) is 22.5. The average molecular weight is 546 g/mol. The minimum absolute atomic E-state index is 0.0836. The molecule has 1 amide bonds. The Morgan fingerprint density at radius 2 is 1.81 bits per heavy atom. The van der Waals surface area contributed by atoms with Crippen LogP contribution in [-0.4, -0.2) is 51.9 Å². The summed E-state index contributed by atoms with van der Waals surface area (Å²) in [6.07, 6.45) is 4.03. The van der Waals surface area contributed by atoms with Crippen LogP contribution >= 0.6 is 11.6 Å². The Morgan fingerprint density at radius 1 is 1.14 bits per heavy atom. The fourth-order valence-corrected chi connectivity index (χ4v) is 5.66. The minimum atomic E-state index is -1.31. The molecule has 7 nitrogen and oxygen atoms in total. The third-order valence-electron chi connectivity index (χ3n) is 6.05. The van der Waals surface area contributed by atoms with Crippen molar-refractivity contribution in [1.29, 1.82) is 0 Å². The summed E-state index contributed by atoms with van der Waals surface area (Å²) in [6.45, 7) is 5.88. The van der Waals surface area contributed by atoms with E-state index < -0.39 is 28.7 Å². The number of halogens is 1. The molecular weight excluding hydrogens is 514 g/mol. The Bertz CT molecular complexity index is 1080. The number of unbranched alkanes of at least 4 members (excludes halogenated alkanes) is 2. The van der Waals surface area contributed by atoms with Crippen LogP contribution in [0.4, 0.5) is 0 Å². The van der Waals surface area contributed by atoms with Crippen LogP contribution in [0.3, 0.4) is 0 Å². The van der Waals surface area contributed by atoms with Crippen LogP contribution in [0.1, 0.15) is 65.3 Å². The molecule has 0 radical (unpaired) electrons. The highest BCUT2D eigenvalue weighted by Crippen LogP contribution is 2.30. The highest BCUT2D eigenvalue weighted by atomic mass is 35.5. The van der Waals surface area contributed by atoms with Gasteiger partial charge in [-0.3, -0.25) is 14.5 Å². The molecule has 9 heteroatoms. The molecule has 0 N–H and O–H groups in total.